The number of hydrogen-bond acceptors (Lipinski definition) is 5. The third-order valence-electron chi connectivity index (χ3n) is 2.99. The highest BCUT2D eigenvalue weighted by molar-refractivity contribution is 9.10. The van der Waals surface area contributed by atoms with Crippen LogP contribution in [0.4, 0.5) is 0 Å². The molecule has 1 unspecified atom stereocenters. The van der Waals surface area contributed by atoms with Crippen LogP contribution in [0, 0.1) is 0 Å². The lowest BCUT2D eigenvalue weighted by atomic mass is 10.1. The molecule has 0 amide bonds. The zero-order chi connectivity index (χ0) is 12.0. The fourth-order valence-corrected chi connectivity index (χ4v) is 10.7. The molecule has 2 heterocycles. The number of hydrogen-bond donors (Lipinski definition) is 0. The van der Waals surface area contributed by atoms with Crippen molar-refractivity contribution in [2.75, 3.05) is 5.08 Å². The van der Waals surface area contributed by atoms with E-state index in [0.717, 1.165) is 22.8 Å². The Morgan fingerprint density at radius 1 is 1.06 bits per heavy atom. The Bertz CT molecular complexity index is 511. The Balaban J connectivity index is 2.35. The molecule has 0 saturated carbocycles. The largest absolute Gasteiger partial charge is 0.253 e. The highest BCUT2D eigenvalue weighted by Crippen LogP contribution is 2.61. The Hall–Kier alpha value is 0.770. The van der Waals surface area contributed by atoms with E-state index in [2.05, 4.69) is 13.8 Å². The van der Waals surface area contributed by atoms with Gasteiger partial charge in [0, 0.05) is 14.7 Å². The molecule has 0 bridgehead atoms. The van der Waals surface area contributed by atoms with E-state index in [1.54, 1.807) is 11.8 Å². The summed E-state index contributed by atoms with van der Waals surface area (Å²) in [6, 6.07) is 0. The van der Waals surface area contributed by atoms with Crippen molar-refractivity contribution in [3.63, 3.8) is 0 Å². The van der Waals surface area contributed by atoms with E-state index >= 15 is 0 Å². The Kier molecular flexibility index (Phi) is 3.79. The first-order valence-corrected chi connectivity index (χ1v) is 11.3. The molecule has 2 aliphatic heterocycles. The van der Waals surface area contributed by atoms with Crippen molar-refractivity contribution in [3.8, 4) is 0 Å². The van der Waals surface area contributed by atoms with Gasteiger partial charge in [0.2, 0.25) is 0 Å². The second-order valence-electron chi connectivity index (χ2n) is 3.82. The summed E-state index contributed by atoms with van der Waals surface area (Å²) < 4.78 is 12.2. The third-order valence-corrected chi connectivity index (χ3v) is 10.2. The second kappa shape index (κ2) is 5.04. The second-order valence-corrected chi connectivity index (χ2v) is 10.5. The minimum absolute atomic E-state index is 0.751. The maximum Gasteiger partial charge on any atom is 0.0787 e. The van der Waals surface area contributed by atoms with E-state index in [-0.39, 0.29) is 0 Å². The van der Waals surface area contributed by atoms with Gasteiger partial charge in [0.1, 0.15) is 0 Å². The summed E-state index contributed by atoms with van der Waals surface area (Å²) in [6.45, 7) is 4.38. The molecule has 1 nitrogen and oxygen atoms in total. The van der Waals surface area contributed by atoms with Crippen LogP contribution in [0.15, 0.2) is 19.6 Å². The van der Waals surface area contributed by atoms with Gasteiger partial charge >= 0.3 is 0 Å². The maximum absolute atomic E-state index is 12.2. The van der Waals surface area contributed by atoms with Crippen molar-refractivity contribution in [2.24, 2.45) is 0 Å². The molecule has 0 fully saturated rings. The molecule has 92 valence electrons. The van der Waals surface area contributed by atoms with Gasteiger partial charge in [-0.05, 0) is 55.4 Å². The van der Waals surface area contributed by atoms with E-state index in [0.29, 0.717) is 0 Å². The van der Waals surface area contributed by atoms with Crippen LogP contribution in [-0.2, 0) is 23.6 Å². The van der Waals surface area contributed by atoms with Crippen LogP contribution in [0.25, 0.3) is 0 Å². The van der Waals surface area contributed by atoms with Crippen LogP contribution >= 0.6 is 43.2 Å². The van der Waals surface area contributed by atoms with Gasteiger partial charge < -0.3 is 0 Å². The molecule has 0 saturated heterocycles. The van der Waals surface area contributed by atoms with Crippen LogP contribution in [0.1, 0.15) is 25.0 Å². The maximum atomic E-state index is 12.2. The van der Waals surface area contributed by atoms with Crippen LogP contribution in [-0.4, -0.2) is 9.29 Å². The molecular formula is C11H12OS5. The molecule has 1 aromatic rings. The van der Waals surface area contributed by atoms with Crippen molar-refractivity contribution >= 4 is 54.0 Å². The minimum Gasteiger partial charge on any atom is -0.253 e. The molecule has 17 heavy (non-hydrogen) atoms. The predicted octanol–water partition coefficient (Wildman–Crippen LogP) is 4.74. The normalized spacial score (nSPS) is 21.6. The highest BCUT2D eigenvalue weighted by Gasteiger charge is 2.32. The van der Waals surface area contributed by atoms with Gasteiger partial charge in [-0.2, -0.15) is 0 Å². The lowest BCUT2D eigenvalue weighted by Crippen LogP contribution is -2.00. The summed E-state index contributed by atoms with van der Waals surface area (Å²) >= 11 is 1.79. The van der Waals surface area contributed by atoms with Crippen molar-refractivity contribution in [3.05, 3.63) is 11.1 Å². The van der Waals surface area contributed by atoms with E-state index in [1.165, 1.54) is 25.8 Å². The van der Waals surface area contributed by atoms with E-state index < -0.39 is 10.8 Å². The summed E-state index contributed by atoms with van der Waals surface area (Å²) in [5.41, 5.74) is 2.78. The summed E-state index contributed by atoms with van der Waals surface area (Å²) in [5, 5.41) is 0.751. The van der Waals surface area contributed by atoms with Gasteiger partial charge in [0.15, 0.2) is 0 Å². The summed E-state index contributed by atoms with van der Waals surface area (Å²) in [6.07, 6.45) is 2.04. The minimum atomic E-state index is -0.782. The van der Waals surface area contributed by atoms with Crippen LogP contribution in [0.5, 0.6) is 0 Å². The molecule has 1 atom stereocenters. The van der Waals surface area contributed by atoms with Crippen LogP contribution in [0.2, 0.25) is 0 Å². The van der Waals surface area contributed by atoms with Gasteiger partial charge in [-0.25, -0.2) is 0 Å². The zero-order valence-electron chi connectivity index (χ0n) is 9.57. The summed E-state index contributed by atoms with van der Waals surface area (Å²) in [4.78, 5) is 5.33. The molecular weight excluding hydrogens is 308 g/mol. The first kappa shape index (κ1) is 12.8. The molecule has 6 heteroatoms. The average Bonchev–Trinajstić information content (AvgIpc) is 2.94. The van der Waals surface area contributed by atoms with Crippen molar-refractivity contribution < 1.29 is 4.21 Å². The molecule has 3 rings (SSSR count). The summed E-state index contributed by atoms with van der Waals surface area (Å²) in [5.74, 6) is 0. The standard InChI is InChI=1S/C11H12OS5/c1-3-6-8-9(15-16-14-8)7(4-2)11-10(6)13-5-17(11)12/h3-5H2,1-2H3. The smallest absolute Gasteiger partial charge is 0.0787 e. The highest BCUT2D eigenvalue weighted by atomic mass is 33.5. The quantitative estimate of drug-likeness (QED) is 0.730. The number of thioether (sulfide) groups is 1. The van der Waals surface area contributed by atoms with E-state index in [4.69, 9.17) is 0 Å². The molecule has 0 radical (unpaired) electrons. The van der Waals surface area contributed by atoms with Gasteiger partial charge in [0.25, 0.3) is 0 Å². The molecule has 0 N–H and O–H groups in total. The van der Waals surface area contributed by atoms with Crippen LogP contribution < -0.4 is 0 Å². The Labute approximate surface area is 120 Å². The summed E-state index contributed by atoms with van der Waals surface area (Å²) in [7, 11) is 4.79. The zero-order valence-corrected chi connectivity index (χ0v) is 13.7. The number of rotatable bonds is 2. The SMILES string of the molecule is CCc1c2c(c(CC)c3c1SCS3=O)SSS2. The van der Waals surface area contributed by atoms with Crippen molar-refractivity contribution in [1.82, 2.24) is 0 Å². The fourth-order valence-electron chi connectivity index (χ4n) is 2.22. The van der Waals surface area contributed by atoms with Crippen molar-refractivity contribution in [2.45, 2.75) is 46.3 Å². The number of fused-ring (bicyclic) bond motifs is 2. The third kappa shape index (κ3) is 1.91. The number of benzene rings is 1. The average molecular weight is 321 g/mol. The lowest BCUT2D eigenvalue weighted by Gasteiger charge is -2.14. The van der Waals surface area contributed by atoms with E-state index in [1.807, 2.05) is 31.4 Å². The van der Waals surface area contributed by atoms with Crippen molar-refractivity contribution in [1.29, 1.82) is 0 Å². The molecule has 2 aliphatic rings. The monoisotopic (exact) mass is 320 g/mol. The Morgan fingerprint density at radius 2 is 1.71 bits per heavy atom. The van der Waals surface area contributed by atoms with Gasteiger partial charge in [-0.15, -0.1) is 11.8 Å². The van der Waals surface area contributed by atoms with E-state index in [9.17, 15) is 4.21 Å². The first-order valence-electron chi connectivity index (χ1n) is 5.52. The first-order chi connectivity index (χ1) is 8.27. The topological polar surface area (TPSA) is 17.1 Å². The van der Waals surface area contributed by atoms with Gasteiger partial charge in [-0.3, -0.25) is 4.21 Å². The predicted molar refractivity (Wildman–Crippen MR) is 81.6 cm³/mol. The fraction of sp³-hybridized carbons (Fsp3) is 0.455. The molecule has 1 aromatic carbocycles. The molecule has 0 aromatic heterocycles. The lowest BCUT2D eigenvalue weighted by molar-refractivity contribution is 0.683. The van der Waals surface area contributed by atoms with Crippen LogP contribution in [0.3, 0.4) is 0 Å². The molecule has 0 spiro atoms. The van der Waals surface area contributed by atoms with Gasteiger partial charge in [-0.1, -0.05) is 13.8 Å². The Morgan fingerprint density at radius 3 is 2.35 bits per heavy atom. The molecule has 0 aliphatic carbocycles. The van der Waals surface area contributed by atoms with Gasteiger partial charge in [0.05, 0.1) is 20.8 Å².